The van der Waals surface area contributed by atoms with Gasteiger partial charge >= 0.3 is 0 Å². The number of hydrogen-bond acceptors (Lipinski definition) is 3. The van der Waals surface area contributed by atoms with Crippen molar-refractivity contribution < 1.29 is 0 Å². The average molecular weight is 189 g/mol. The molecule has 2 bridgehead atoms. The zero-order valence-corrected chi connectivity index (χ0v) is 8.16. The van der Waals surface area contributed by atoms with Gasteiger partial charge in [-0.2, -0.15) is 5.10 Å². The first-order valence-corrected chi connectivity index (χ1v) is 5.26. The van der Waals surface area contributed by atoms with E-state index >= 15 is 0 Å². The summed E-state index contributed by atoms with van der Waals surface area (Å²) in [4.78, 5) is 0. The van der Waals surface area contributed by atoms with Gasteiger partial charge in [0, 0.05) is 24.4 Å². The number of nitrogens with one attached hydrogen (secondary N) is 2. The third kappa shape index (κ3) is 1.12. The second kappa shape index (κ2) is 2.95. The fraction of sp³-hybridized carbons (Fsp3) is 0.545. The summed E-state index contributed by atoms with van der Waals surface area (Å²) in [5.41, 5.74) is 4.71. The van der Waals surface area contributed by atoms with E-state index in [2.05, 4.69) is 28.0 Å². The van der Waals surface area contributed by atoms with E-state index in [0.29, 0.717) is 5.41 Å². The summed E-state index contributed by atoms with van der Waals surface area (Å²) >= 11 is 0. The molecular weight excluding hydrogens is 174 g/mol. The molecule has 4 rings (SSSR count). The summed E-state index contributed by atoms with van der Waals surface area (Å²) in [5.74, 6) is 0.909. The van der Waals surface area contributed by atoms with Crippen molar-refractivity contribution in [1.29, 1.82) is 0 Å². The molecule has 3 nitrogen and oxygen atoms in total. The molecule has 4 aliphatic rings. The predicted octanol–water partition coefficient (Wildman–Crippen LogP) is 1.02. The third-order valence-electron chi connectivity index (χ3n) is 3.61. The van der Waals surface area contributed by atoms with Crippen molar-refractivity contribution in [2.45, 2.75) is 12.8 Å². The zero-order chi connectivity index (χ0) is 9.43. The minimum Gasteiger partial charge on any atom is -0.316 e. The molecule has 14 heavy (non-hydrogen) atoms. The largest absolute Gasteiger partial charge is 0.316 e. The van der Waals surface area contributed by atoms with Gasteiger partial charge in [-0.15, -0.1) is 0 Å². The first kappa shape index (κ1) is 8.24. The standard InChI is InChI=1S/C11H15N3/c1-3-13-14-4-2-10(1)11-5-9(6-11)7-12-8-11/h1-4,9,12-13H,5-8H2. The lowest BCUT2D eigenvalue weighted by Gasteiger charge is -2.53. The van der Waals surface area contributed by atoms with E-state index in [9.17, 15) is 0 Å². The van der Waals surface area contributed by atoms with E-state index in [0.717, 1.165) is 12.5 Å². The summed E-state index contributed by atoms with van der Waals surface area (Å²) < 4.78 is 0. The molecule has 0 aromatic rings. The molecule has 0 unspecified atom stereocenters. The Balaban J connectivity index is 1.87. The number of hydrogen-bond donors (Lipinski definition) is 2. The second-order valence-corrected chi connectivity index (χ2v) is 4.55. The monoisotopic (exact) mass is 189 g/mol. The van der Waals surface area contributed by atoms with Crippen LogP contribution < -0.4 is 10.7 Å². The number of hydrazone groups is 1. The third-order valence-corrected chi connectivity index (χ3v) is 3.61. The highest BCUT2D eigenvalue weighted by Crippen LogP contribution is 2.52. The number of nitrogens with zero attached hydrogens (tertiary/aromatic N) is 1. The van der Waals surface area contributed by atoms with Crippen molar-refractivity contribution in [2.75, 3.05) is 13.1 Å². The van der Waals surface area contributed by atoms with Gasteiger partial charge in [-0.3, -0.25) is 5.43 Å². The van der Waals surface area contributed by atoms with Crippen LogP contribution in [0.1, 0.15) is 12.8 Å². The van der Waals surface area contributed by atoms with Crippen molar-refractivity contribution in [3.63, 3.8) is 0 Å². The van der Waals surface area contributed by atoms with Crippen LogP contribution in [0.4, 0.5) is 0 Å². The van der Waals surface area contributed by atoms with Crippen molar-refractivity contribution in [3.05, 3.63) is 23.9 Å². The summed E-state index contributed by atoms with van der Waals surface area (Å²) in [5, 5.41) is 7.51. The van der Waals surface area contributed by atoms with E-state index in [1.54, 1.807) is 0 Å². The first-order valence-electron chi connectivity index (χ1n) is 5.26. The van der Waals surface area contributed by atoms with Crippen LogP contribution in [0, 0.1) is 11.3 Å². The van der Waals surface area contributed by atoms with E-state index in [-0.39, 0.29) is 0 Å². The molecule has 0 aromatic carbocycles. The lowest BCUT2D eigenvalue weighted by Crippen LogP contribution is -2.55. The maximum atomic E-state index is 4.01. The number of fused-ring (bicyclic) bond motifs is 2. The first-order chi connectivity index (χ1) is 6.89. The predicted molar refractivity (Wildman–Crippen MR) is 56.9 cm³/mol. The van der Waals surface area contributed by atoms with Crippen molar-refractivity contribution >= 4 is 6.21 Å². The Morgan fingerprint density at radius 3 is 3.14 bits per heavy atom. The van der Waals surface area contributed by atoms with Gasteiger partial charge < -0.3 is 5.32 Å². The summed E-state index contributed by atoms with van der Waals surface area (Å²) in [7, 11) is 0. The lowest BCUT2D eigenvalue weighted by molar-refractivity contribution is 0.0529. The number of piperidine rings is 2. The van der Waals surface area contributed by atoms with Gasteiger partial charge in [0.1, 0.15) is 0 Å². The highest BCUT2D eigenvalue weighted by Gasteiger charge is 2.48. The fourth-order valence-corrected chi connectivity index (χ4v) is 2.93. The van der Waals surface area contributed by atoms with E-state index in [1.165, 1.54) is 25.0 Å². The van der Waals surface area contributed by atoms with Crippen LogP contribution >= 0.6 is 0 Å². The quantitative estimate of drug-likeness (QED) is 0.646. The Morgan fingerprint density at radius 1 is 1.43 bits per heavy atom. The molecule has 0 atom stereocenters. The molecule has 3 fully saturated rings. The van der Waals surface area contributed by atoms with Crippen LogP contribution in [0.25, 0.3) is 0 Å². The second-order valence-electron chi connectivity index (χ2n) is 4.55. The molecule has 2 N–H and O–H groups in total. The molecule has 1 aliphatic carbocycles. The smallest absolute Gasteiger partial charge is 0.0475 e. The van der Waals surface area contributed by atoms with Gasteiger partial charge in [-0.05, 0) is 43.0 Å². The van der Waals surface area contributed by atoms with E-state index < -0.39 is 0 Å². The lowest BCUT2D eigenvalue weighted by atomic mass is 9.56. The average Bonchev–Trinajstić information content (AvgIpc) is 2.45. The Kier molecular flexibility index (Phi) is 1.74. The molecule has 74 valence electrons. The molecule has 2 saturated heterocycles. The summed E-state index contributed by atoms with van der Waals surface area (Å²) in [6.45, 7) is 2.35. The van der Waals surface area contributed by atoms with Crippen LogP contribution in [0.5, 0.6) is 0 Å². The Morgan fingerprint density at radius 2 is 2.36 bits per heavy atom. The normalized spacial score (nSPS) is 39.4. The molecule has 3 heteroatoms. The van der Waals surface area contributed by atoms with Crippen molar-refractivity contribution in [1.82, 2.24) is 10.7 Å². The Bertz CT molecular complexity index is 316. The summed E-state index contributed by atoms with van der Waals surface area (Å²) in [6.07, 6.45) is 10.8. The SMILES string of the molecule is C1=CC(C23CNCC(C2)C3)=CC=NN1. The molecule has 0 amide bonds. The van der Waals surface area contributed by atoms with Crippen molar-refractivity contribution in [3.8, 4) is 0 Å². The topological polar surface area (TPSA) is 36.4 Å². The van der Waals surface area contributed by atoms with Gasteiger partial charge in [0.15, 0.2) is 0 Å². The van der Waals surface area contributed by atoms with Gasteiger partial charge in [0.05, 0.1) is 0 Å². The van der Waals surface area contributed by atoms with E-state index in [1.807, 2.05) is 12.4 Å². The number of allylic oxidation sites excluding steroid dienone is 2. The highest BCUT2D eigenvalue weighted by molar-refractivity contribution is 5.74. The minimum atomic E-state index is 0.414. The summed E-state index contributed by atoms with van der Waals surface area (Å²) in [6, 6.07) is 0. The van der Waals surface area contributed by atoms with Crippen LogP contribution in [0.15, 0.2) is 29.0 Å². The molecule has 0 aromatic heterocycles. The molecule has 0 spiro atoms. The van der Waals surface area contributed by atoms with Gasteiger partial charge in [-0.25, -0.2) is 0 Å². The van der Waals surface area contributed by atoms with Crippen LogP contribution in [-0.2, 0) is 0 Å². The molecule has 3 aliphatic heterocycles. The zero-order valence-electron chi connectivity index (χ0n) is 8.16. The van der Waals surface area contributed by atoms with E-state index in [4.69, 9.17) is 0 Å². The fourth-order valence-electron chi connectivity index (χ4n) is 2.93. The van der Waals surface area contributed by atoms with Gasteiger partial charge in [0.2, 0.25) is 0 Å². The molecular formula is C11H15N3. The number of rotatable bonds is 1. The highest BCUT2D eigenvalue weighted by atomic mass is 15.3. The Hall–Kier alpha value is -1.09. The van der Waals surface area contributed by atoms with Crippen LogP contribution in [-0.4, -0.2) is 19.3 Å². The molecule has 0 radical (unpaired) electrons. The van der Waals surface area contributed by atoms with Crippen LogP contribution in [0.2, 0.25) is 0 Å². The van der Waals surface area contributed by atoms with Gasteiger partial charge in [0.25, 0.3) is 0 Å². The Labute approximate surface area is 84.0 Å². The van der Waals surface area contributed by atoms with Crippen molar-refractivity contribution in [2.24, 2.45) is 16.4 Å². The minimum absolute atomic E-state index is 0.414. The molecule has 1 saturated carbocycles. The van der Waals surface area contributed by atoms with Crippen LogP contribution in [0.3, 0.4) is 0 Å². The maximum Gasteiger partial charge on any atom is 0.0475 e. The molecule has 3 heterocycles. The maximum absolute atomic E-state index is 4.01. The van der Waals surface area contributed by atoms with Gasteiger partial charge in [-0.1, -0.05) is 0 Å².